The van der Waals surface area contributed by atoms with Crippen molar-refractivity contribution in [1.29, 1.82) is 0 Å². The van der Waals surface area contributed by atoms with E-state index in [0.717, 1.165) is 18.4 Å². The first kappa shape index (κ1) is 18.3. The van der Waals surface area contributed by atoms with Crippen LogP contribution in [0.2, 0.25) is 0 Å². The third-order valence-corrected chi connectivity index (χ3v) is 6.00. The molecule has 4 nitrogen and oxygen atoms in total. The van der Waals surface area contributed by atoms with Gasteiger partial charge in [0.2, 0.25) is 0 Å². The van der Waals surface area contributed by atoms with Crippen LogP contribution >= 0.6 is 24.0 Å². The lowest BCUT2D eigenvalue weighted by Crippen LogP contribution is -2.44. The Hall–Kier alpha value is -0.0400. The summed E-state index contributed by atoms with van der Waals surface area (Å²) in [6.07, 6.45) is 9.78. The molecule has 128 valence electrons. The van der Waals surface area contributed by atoms with Crippen LogP contribution < -0.4 is 5.32 Å². The molecular weight excluding hydrogens is 387 g/mol. The van der Waals surface area contributed by atoms with Crippen molar-refractivity contribution in [3.63, 3.8) is 0 Å². The topological polar surface area (TPSA) is 30.9 Å². The van der Waals surface area contributed by atoms with Crippen molar-refractivity contribution >= 4 is 29.9 Å². The minimum Gasteiger partial charge on any atom is -0.356 e. The summed E-state index contributed by atoms with van der Waals surface area (Å²) in [5.74, 6) is 1.97. The standard InChI is InChI=1S/C17H32N4.HI/c1-18-16(19-13-15-5-10-20(2)11-6-15)21-12-9-17(14-21)7-3-4-8-17;/h15H,3-14H2,1-2H3,(H,18,19);1H. The van der Waals surface area contributed by atoms with Crippen LogP contribution in [0.15, 0.2) is 4.99 Å². The maximum Gasteiger partial charge on any atom is 0.193 e. The van der Waals surface area contributed by atoms with Gasteiger partial charge in [0.25, 0.3) is 0 Å². The fraction of sp³-hybridized carbons (Fsp3) is 0.941. The Kier molecular flexibility index (Phi) is 6.80. The third kappa shape index (κ3) is 4.28. The molecule has 1 spiro atoms. The molecule has 2 aliphatic heterocycles. The molecule has 22 heavy (non-hydrogen) atoms. The first-order valence-electron chi connectivity index (χ1n) is 8.85. The quantitative estimate of drug-likeness (QED) is 0.424. The van der Waals surface area contributed by atoms with E-state index in [9.17, 15) is 0 Å². The van der Waals surface area contributed by atoms with Gasteiger partial charge in [-0.1, -0.05) is 12.8 Å². The number of hydrogen-bond acceptors (Lipinski definition) is 2. The number of hydrogen-bond donors (Lipinski definition) is 1. The maximum absolute atomic E-state index is 4.55. The van der Waals surface area contributed by atoms with Gasteiger partial charge in [-0.2, -0.15) is 0 Å². The molecule has 0 unspecified atom stereocenters. The van der Waals surface area contributed by atoms with Crippen molar-refractivity contribution in [2.24, 2.45) is 16.3 Å². The summed E-state index contributed by atoms with van der Waals surface area (Å²) >= 11 is 0. The molecule has 5 heteroatoms. The van der Waals surface area contributed by atoms with Crippen LogP contribution in [0.1, 0.15) is 44.9 Å². The minimum absolute atomic E-state index is 0. The molecule has 1 aliphatic carbocycles. The number of rotatable bonds is 2. The fourth-order valence-corrected chi connectivity index (χ4v) is 4.48. The highest BCUT2D eigenvalue weighted by atomic mass is 127. The van der Waals surface area contributed by atoms with E-state index in [0.29, 0.717) is 5.41 Å². The summed E-state index contributed by atoms with van der Waals surface area (Å²) in [7, 11) is 4.17. The monoisotopic (exact) mass is 420 g/mol. The number of guanidine groups is 1. The van der Waals surface area contributed by atoms with Gasteiger partial charge in [0.1, 0.15) is 0 Å². The van der Waals surface area contributed by atoms with Gasteiger partial charge < -0.3 is 15.1 Å². The highest BCUT2D eigenvalue weighted by Gasteiger charge is 2.41. The number of aliphatic imine (C=N–C) groups is 1. The Morgan fingerprint density at radius 3 is 2.45 bits per heavy atom. The average Bonchev–Trinajstić information content (AvgIpc) is 3.13. The van der Waals surface area contributed by atoms with E-state index in [1.807, 2.05) is 7.05 Å². The van der Waals surface area contributed by atoms with Gasteiger partial charge in [0, 0.05) is 26.7 Å². The number of likely N-dealkylation sites (tertiary alicyclic amines) is 2. The van der Waals surface area contributed by atoms with Crippen LogP contribution in [0, 0.1) is 11.3 Å². The van der Waals surface area contributed by atoms with Crippen molar-refractivity contribution in [2.45, 2.75) is 44.9 Å². The Balaban J connectivity index is 0.00000176. The highest BCUT2D eigenvalue weighted by molar-refractivity contribution is 14.0. The molecule has 0 aromatic rings. The van der Waals surface area contributed by atoms with E-state index in [1.165, 1.54) is 71.1 Å². The zero-order valence-corrected chi connectivity index (χ0v) is 16.6. The first-order chi connectivity index (χ1) is 10.2. The lowest BCUT2D eigenvalue weighted by molar-refractivity contribution is 0.219. The van der Waals surface area contributed by atoms with E-state index < -0.39 is 0 Å². The fourth-order valence-electron chi connectivity index (χ4n) is 4.48. The molecule has 3 rings (SSSR count). The largest absolute Gasteiger partial charge is 0.356 e. The van der Waals surface area contributed by atoms with Gasteiger partial charge in [-0.25, -0.2) is 0 Å². The normalized spacial score (nSPS) is 26.5. The lowest BCUT2D eigenvalue weighted by atomic mass is 9.86. The molecule has 0 atom stereocenters. The second-order valence-corrected chi connectivity index (χ2v) is 7.55. The second-order valence-electron chi connectivity index (χ2n) is 7.55. The summed E-state index contributed by atoms with van der Waals surface area (Å²) in [6, 6.07) is 0. The predicted octanol–water partition coefficient (Wildman–Crippen LogP) is 2.79. The van der Waals surface area contributed by atoms with Crippen LogP contribution in [0.3, 0.4) is 0 Å². The van der Waals surface area contributed by atoms with Gasteiger partial charge in [-0.3, -0.25) is 4.99 Å². The molecule has 0 amide bonds. The highest BCUT2D eigenvalue weighted by Crippen LogP contribution is 2.45. The van der Waals surface area contributed by atoms with Crippen LogP contribution in [0.4, 0.5) is 0 Å². The molecular formula is C17H33IN4. The molecule has 0 bridgehead atoms. The summed E-state index contributed by atoms with van der Waals surface area (Å²) in [5, 5.41) is 3.66. The van der Waals surface area contributed by atoms with Gasteiger partial charge in [-0.05, 0) is 63.6 Å². The number of halogens is 1. The van der Waals surface area contributed by atoms with E-state index >= 15 is 0 Å². The van der Waals surface area contributed by atoms with Crippen molar-refractivity contribution in [3.8, 4) is 0 Å². The van der Waals surface area contributed by atoms with Crippen LogP contribution in [-0.2, 0) is 0 Å². The Bertz CT molecular complexity index is 371. The summed E-state index contributed by atoms with van der Waals surface area (Å²) < 4.78 is 0. The third-order valence-electron chi connectivity index (χ3n) is 6.00. The number of nitrogens with one attached hydrogen (secondary N) is 1. The molecule has 0 aromatic heterocycles. The smallest absolute Gasteiger partial charge is 0.193 e. The molecule has 3 aliphatic rings. The molecule has 0 radical (unpaired) electrons. The summed E-state index contributed by atoms with van der Waals surface area (Å²) in [4.78, 5) is 9.50. The van der Waals surface area contributed by atoms with Crippen molar-refractivity contribution in [1.82, 2.24) is 15.1 Å². The Morgan fingerprint density at radius 2 is 1.82 bits per heavy atom. The molecule has 1 N–H and O–H groups in total. The average molecular weight is 420 g/mol. The molecule has 3 fully saturated rings. The lowest BCUT2D eigenvalue weighted by Gasteiger charge is -2.31. The van der Waals surface area contributed by atoms with Crippen LogP contribution in [-0.4, -0.2) is 62.6 Å². The van der Waals surface area contributed by atoms with E-state index in [4.69, 9.17) is 0 Å². The van der Waals surface area contributed by atoms with E-state index in [-0.39, 0.29) is 24.0 Å². The Labute approximate surface area is 153 Å². The zero-order chi connectivity index (χ0) is 14.7. The molecule has 2 saturated heterocycles. The first-order valence-corrected chi connectivity index (χ1v) is 8.85. The van der Waals surface area contributed by atoms with Crippen molar-refractivity contribution < 1.29 is 0 Å². The van der Waals surface area contributed by atoms with Gasteiger partial charge in [-0.15, -0.1) is 24.0 Å². The van der Waals surface area contributed by atoms with E-state index in [1.54, 1.807) is 0 Å². The SMILES string of the molecule is CN=C(NCC1CCN(C)CC1)N1CCC2(CCCC2)C1.I. The van der Waals surface area contributed by atoms with Crippen LogP contribution in [0.5, 0.6) is 0 Å². The van der Waals surface area contributed by atoms with Crippen molar-refractivity contribution in [2.75, 3.05) is 46.8 Å². The maximum atomic E-state index is 4.55. The molecule has 2 heterocycles. The number of nitrogens with zero attached hydrogens (tertiary/aromatic N) is 3. The number of piperidine rings is 1. The zero-order valence-electron chi connectivity index (χ0n) is 14.3. The second kappa shape index (κ2) is 8.18. The van der Waals surface area contributed by atoms with Crippen molar-refractivity contribution in [3.05, 3.63) is 0 Å². The summed E-state index contributed by atoms with van der Waals surface area (Å²) in [5.41, 5.74) is 0.630. The van der Waals surface area contributed by atoms with Crippen LogP contribution in [0.25, 0.3) is 0 Å². The minimum atomic E-state index is 0. The van der Waals surface area contributed by atoms with Gasteiger partial charge in [0.05, 0.1) is 0 Å². The predicted molar refractivity (Wildman–Crippen MR) is 104 cm³/mol. The molecule has 1 saturated carbocycles. The van der Waals surface area contributed by atoms with Gasteiger partial charge >= 0.3 is 0 Å². The Morgan fingerprint density at radius 1 is 1.14 bits per heavy atom. The summed E-state index contributed by atoms with van der Waals surface area (Å²) in [6.45, 7) is 6.03. The molecule has 0 aromatic carbocycles. The van der Waals surface area contributed by atoms with E-state index in [2.05, 4.69) is 27.2 Å². The van der Waals surface area contributed by atoms with Gasteiger partial charge in [0.15, 0.2) is 5.96 Å².